The normalized spacial score (nSPS) is 11.3. The van der Waals surface area contributed by atoms with E-state index in [2.05, 4.69) is 6.92 Å². The molecule has 0 spiro atoms. The van der Waals surface area contributed by atoms with Crippen LogP contribution in [0.3, 0.4) is 0 Å². The van der Waals surface area contributed by atoms with Crippen molar-refractivity contribution in [2.75, 3.05) is 0 Å². The second kappa shape index (κ2) is 4.88. The average Bonchev–Trinajstić information content (AvgIpc) is 2.16. The van der Waals surface area contributed by atoms with Gasteiger partial charge in [0.1, 0.15) is 11.4 Å². The molecule has 0 unspecified atom stereocenters. The molecule has 0 aromatic heterocycles. The van der Waals surface area contributed by atoms with Gasteiger partial charge < -0.3 is 4.74 Å². The minimum atomic E-state index is -0.221. The summed E-state index contributed by atoms with van der Waals surface area (Å²) in [7, 11) is 0. The van der Waals surface area contributed by atoms with E-state index in [1.165, 1.54) is 6.92 Å². The molecule has 0 aliphatic rings. The molecule has 0 amide bonds. The van der Waals surface area contributed by atoms with Gasteiger partial charge in [0.2, 0.25) is 0 Å². The van der Waals surface area contributed by atoms with E-state index in [1.54, 1.807) is 18.2 Å². The maximum Gasteiger partial charge on any atom is 0.161 e. The summed E-state index contributed by atoms with van der Waals surface area (Å²) in [6, 6.07) is 5.17. The van der Waals surface area contributed by atoms with Crippen LogP contribution in [0.4, 0.5) is 0 Å². The summed E-state index contributed by atoms with van der Waals surface area (Å²) in [6.07, 6.45) is 0.902. The van der Waals surface area contributed by atoms with Crippen LogP contribution in [0.2, 0.25) is 5.02 Å². The second-order valence-electron chi connectivity index (χ2n) is 4.41. The molecule has 0 bridgehead atoms. The predicted molar refractivity (Wildman–Crippen MR) is 66.5 cm³/mol. The van der Waals surface area contributed by atoms with Crippen LogP contribution in [-0.2, 0) is 0 Å². The number of carbonyl (C=O) groups is 1. The topological polar surface area (TPSA) is 26.3 Å². The molecule has 16 heavy (non-hydrogen) atoms. The number of hydrogen-bond donors (Lipinski definition) is 0. The summed E-state index contributed by atoms with van der Waals surface area (Å²) in [5.41, 5.74) is 0.310. The quantitative estimate of drug-likeness (QED) is 0.741. The van der Waals surface area contributed by atoms with E-state index in [1.807, 2.05) is 13.8 Å². The molecule has 0 radical (unpaired) electrons. The van der Waals surface area contributed by atoms with Gasteiger partial charge in [-0.15, -0.1) is 0 Å². The molecule has 88 valence electrons. The van der Waals surface area contributed by atoms with Gasteiger partial charge in [-0.05, 0) is 45.4 Å². The van der Waals surface area contributed by atoms with Crippen LogP contribution in [0.5, 0.6) is 5.75 Å². The van der Waals surface area contributed by atoms with Crippen LogP contribution in [-0.4, -0.2) is 11.4 Å². The van der Waals surface area contributed by atoms with E-state index in [9.17, 15) is 4.79 Å². The maximum atomic E-state index is 11.2. The number of benzene rings is 1. The second-order valence-corrected chi connectivity index (χ2v) is 4.82. The summed E-state index contributed by atoms with van der Waals surface area (Å²) in [6.45, 7) is 7.59. The zero-order chi connectivity index (χ0) is 12.3. The summed E-state index contributed by atoms with van der Waals surface area (Å²) in [5, 5.41) is 0.442. The number of ether oxygens (including phenoxy) is 1. The lowest BCUT2D eigenvalue weighted by Crippen LogP contribution is -2.26. The number of halogens is 1. The number of Topliss-reactive ketones (excluding diaryl/α,β-unsaturated/α-hetero) is 1. The molecule has 0 aliphatic heterocycles. The maximum absolute atomic E-state index is 11.2. The van der Waals surface area contributed by atoms with E-state index in [4.69, 9.17) is 16.3 Å². The molecule has 1 aromatic carbocycles. The zero-order valence-corrected chi connectivity index (χ0v) is 10.9. The Morgan fingerprint density at radius 3 is 2.50 bits per heavy atom. The molecule has 1 rings (SSSR count). The van der Waals surface area contributed by atoms with Crippen LogP contribution in [0, 0.1) is 0 Å². The van der Waals surface area contributed by atoms with Crippen molar-refractivity contribution in [2.24, 2.45) is 0 Å². The van der Waals surface area contributed by atoms with Crippen LogP contribution in [0.25, 0.3) is 0 Å². The van der Waals surface area contributed by atoms with Crippen molar-refractivity contribution < 1.29 is 9.53 Å². The average molecular weight is 241 g/mol. The Balaban J connectivity index is 2.94. The molecule has 0 saturated carbocycles. The lowest BCUT2D eigenvalue weighted by molar-refractivity contribution is 0.101. The van der Waals surface area contributed by atoms with Crippen molar-refractivity contribution in [1.29, 1.82) is 0 Å². The molecular weight excluding hydrogens is 224 g/mol. The molecular formula is C13H17ClO2. The Morgan fingerprint density at radius 1 is 1.44 bits per heavy atom. The van der Waals surface area contributed by atoms with Crippen molar-refractivity contribution in [1.82, 2.24) is 0 Å². The monoisotopic (exact) mass is 240 g/mol. The first-order valence-corrected chi connectivity index (χ1v) is 5.73. The van der Waals surface area contributed by atoms with Gasteiger partial charge in [0, 0.05) is 5.56 Å². The van der Waals surface area contributed by atoms with Gasteiger partial charge in [-0.2, -0.15) is 0 Å². The Labute approximate surface area is 102 Å². The Kier molecular flexibility index (Phi) is 3.98. The standard InChI is InChI=1S/C13H17ClO2/c1-5-13(3,4)16-10-6-7-11(9(2)15)12(14)8-10/h6-8H,5H2,1-4H3. The van der Waals surface area contributed by atoms with Crippen LogP contribution >= 0.6 is 11.6 Å². The number of rotatable bonds is 4. The van der Waals surface area contributed by atoms with Crippen molar-refractivity contribution in [3.63, 3.8) is 0 Å². The van der Waals surface area contributed by atoms with Gasteiger partial charge >= 0.3 is 0 Å². The van der Waals surface area contributed by atoms with Gasteiger partial charge in [0.25, 0.3) is 0 Å². The van der Waals surface area contributed by atoms with E-state index in [-0.39, 0.29) is 11.4 Å². The summed E-state index contributed by atoms with van der Waals surface area (Å²) >= 11 is 6.00. The van der Waals surface area contributed by atoms with Crippen LogP contribution < -0.4 is 4.74 Å². The van der Waals surface area contributed by atoms with Crippen LogP contribution in [0.1, 0.15) is 44.5 Å². The molecule has 0 aliphatic carbocycles. The molecule has 2 nitrogen and oxygen atoms in total. The molecule has 0 heterocycles. The Morgan fingerprint density at radius 2 is 2.06 bits per heavy atom. The van der Waals surface area contributed by atoms with Crippen molar-refractivity contribution in [3.8, 4) is 5.75 Å². The van der Waals surface area contributed by atoms with E-state index in [0.717, 1.165) is 6.42 Å². The Bertz CT molecular complexity index is 397. The smallest absolute Gasteiger partial charge is 0.161 e. The Hall–Kier alpha value is -1.02. The van der Waals surface area contributed by atoms with Crippen molar-refractivity contribution in [3.05, 3.63) is 28.8 Å². The molecule has 0 N–H and O–H groups in total. The predicted octanol–water partition coefficient (Wildman–Crippen LogP) is 4.11. The summed E-state index contributed by atoms with van der Waals surface area (Å²) in [5.74, 6) is 0.660. The number of carbonyl (C=O) groups excluding carboxylic acids is 1. The third kappa shape index (κ3) is 3.24. The molecule has 3 heteroatoms. The molecule has 1 aromatic rings. The fraction of sp³-hybridized carbons (Fsp3) is 0.462. The van der Waals surface area contributed by atoms with Crippen molar-refractivity contribution in [2.45, 2.75) is 39.7 Å². The van der Waals surface area contributed by atoms with Crippen molar-refractivity contribution >= 4 is 17.4 Å². The minimum absolute atomic E-state index is 0.0358. The fourth-order valence-corrected chi connectivity index (χ4v) is 1.54. The summed E-state index contributed by atoms with van der Waals surface area (Å²) < 4.78 is 5.77. The van der Waals surface area contributed by atoms with Gasteiger partial charge in [-0.3, -0.25) is 4.79 Å². The number of ketones is 1. The highest BCUT2D eigenvalue weighted by molar-refractivity contribution is 6.34. The zero-order valence-electron chi connectivity index (χ0n) is 10.1. The van der Waals surface area contributed by atoms with Gasteiger partial charge in [-0.1, -0.05) is 18.5 Å². The van der Waals surface area contributed by atoms with Crippen LogP contribution in [0.15, 0.2) is 18.2 Å². The lowest BCUT2D eigenvalue weighted by Gasteiger charge is -2.25. The highest BCUT2D eigenvalue weighted by Crippen LogP contribution is 2.26. The highest BCUT2D eigenvalue weighted by atomic mass is 35.5. The van der Waals surface area contributed by atoms with E-state index in [0.29, 0.717) is 16.3 Å². The molecule has 0 saturated heterocycles. The largest absolute Gasteiger partial charge is 0.488 e. The van der Waals surface area contributed by atoms with Gasteiger partial charge in [-0.25, -0.2) is 0 Å². The summed E-state index contributed by atoms with van der Waals surface area (Å²) in [4.78, 5) is 11.2. The third-order valence-corrected chi connectivity index (χ3v) is 2.88. The lowest BCUT2D eigenvalue weighted by atomic mass is 10.1. The SMILES string of the molecule is CCC(C)(C)Oc1ccc(C(C)=O)c(Cl)c1. The van der Waals surface area contributed by atoms with Gasteiger partial charge in [0.05, 0.1) is 5.02 Å². The highest BCUT2D eigenvalue weighted by Gasteiger charge is 2.17. The van der Waals surface area contributed by atoms with E-state index < -0.39 is 0 Å². The first-order chi connectivity index (χ1) is 7.35. The fourth-order valence-electron chi connectivity index (χ4n) is 1.24. The van der Waals surface area contributed by atoms with E-state index >= 15 is 0 Å². The minimum Gasteiger partial charge on any atom is -0.488 e. The first kappa shape index (κ1) is 13.0. The third-order valence-electron chi connectivity index (χ3n) is 2.57. The number of hydrogen-bond acceptors (Lipinski definition) is 2. The molecule has 0 atom stereocenters. The molecule has 0 fully saturated rings. The first-order valence-electron chi connectivity index (χ1n) is 5.35. The van der Waals surface area contributed by atoms with Gasteiger partial charge in [0.15, 0.2) is 5.78 Å².